The number of carbonyl (C=O) groups excluding carboxylic acids is 1. The number of carbonyl (C=O) groups is 1. The van der Waals surface area contributed by atoms with Gasteiger partial charge in [0.1, 0.15) is 5.69 Å². The van der Waals surface area contributed by atoms with Crippen LogP contribution in [0.2, 0.25) is 0 Å². The van der Waals surface area contributed by atoms with Crippen LogP contribution in [0.25, 0.3) is 0 Å². The fraction of sp³-hybridized carbons (Fsp3) is 0.167. The first-order chi connectivity index (χ1) is 8.88. The highest BCUT2D eigenvalue weighted by molar-refractivity contribution is 7.09. The number of alkyl halides is 3. The number of halogens is 3. The fourth-order valence-corrected chi connectivity index (χ4v) is 2.09. The summed E-state index contributed by atoms with van der Waals surface area (Å²) in [7, 11) is 0. The lowest BCUT2D eigenvalue weighted by Crippen LogP contribution is -2.16. The third-order valence-corrected chi connectivity index (χ3v) is 3.11. The van der Waals surface area contributed by atoms with E-state index in [1.54, 1.807) is 6.92 Å². The average Bonchev–Trinajstić information content (AvgIpc) is 2.75. The lowest BCUT2D eigenvalue weighted by molar-refractivity contribution is -0.136. The Labute approximate surface area is 111 Å². The summed E-state index contributed by atoms with van der Waals surface area (Å²) in [6, 6.07) is 4.82. The molecule has 1 aromatic carbocycles. The van der Waals surface area contributed by atoms with Gasteiger partial charge < -0.3 is 5.32 Å². The summed E-state index contributed by atoms with van der Waals surface area (Å²) in [5.41, 5.74) is -1.04. The minimum Gasteiger partial charge on any atom is -0.320 e. The molecule has 1 N–H and O–H groups in total. The second-order valence-electron chi connectivity index (χ2n) is 3.75. The summed E-state index contributed by atoms with van der Waals surface area (Å²) in [5.74, 6) is -0.652. The van der Waals surface area contributed by atoms with E-state index < -0.39 is 17.6 Å². The first-order valence-corrected chi connectivity index (χ1v) is 6.15. The van der Waals surface area contributed by atoms with Crippen molar-refractivity contribution in [1.82, 2.24) is 4.98 Å². The lowest BCUT2D eigenvalue weighted by Gasteiger charge is -2.12. The van der Waals surface area contributed by atoms with Crippen LogP contribution >= 0.6 is 11.3 Å². The number of anilines is 1. The number of nitrogens with one attached hydrogen (secondary N) is 1. The molecule has 19 heavy (non-hydrogen) atoms. The molecule has 0 aliphatic heterocycles. The van der Waals surface area contributed by atoms with Crippen LogP contribution in [0.5, 0.6) is 0 Å². The molecule has 100 valence electrons. The SMILES string of the molecule is Cc1nc(C(=O)Nc2ccccc2C(F)(F)F)cs1. The molecule has 2 rings (SSSR count). The van der Waals surface area contributed by atoms with E-state index in [1.807, 2.05) is 0 Å². The zero-order chi connectivity index (χ0) is 14.0. The van der Waals surface area contributed by atoms with E-state index in [4.69, 9.17) is 0 Å². The van der Waals surface area contributed by atoms with Crippen molar-refractivity contribution in [2.75, 3.05) is 5.32 Å². The molecule has 0 radical (unpaired) electrons. The molecule has 0 unspecified atom stereocenters. The topological polar surface area (TPSA) is 42.0 Å². The molecule has 2 aromatic rings. The van der Waals surface area contributed by atoms with E-state index in [0.29, 0.717) is 5.01 Å². The van der Waals surface area contributed by atoms with Crippen molar-refractivity contribution in [2.45, 2.75) is 13.1 Å². The van der Waals surface area contributed by atoms with Gasteiger partial charge in [0.25, 0.3) is 5.91 Å². The predicted molar refractivity (Wildman–Crippen MR) is 66.2 cm³/mol. The molecule has 3 nitrogen and oxygen atoms in total. The van der Waals surface area contributed by atoms with E-state index in [1.165, 1.54) is 34.9 Å². The molecule has 1 heterocycles. The number of hydrogen-bond donors (Lipinski definition) is 1. The largest absolute Gasteiger partial charge is 0.418 e. The van der Waals surface area contributed by atoms with Crippen LogP contribution in [0.3, 0.4) is 0 Å². The van der Waals surface area contributed by atoms with Crippen molar-refractivity contribution in [1.29, 1.82) is 0 Å². The number of thiazole rings is 1. The molecular weight excluding hydrogens is 277 g/mol. The Morgan fingerprint density at radius 1 is 1.32 bits per heavy atom. The van der Waals surface area contributed by atoms with E-state index >= 15 is 0 Å². The van der Waals surface area contributed by atoms with Crippen LogP contribution in [0.1, 0.15) is 21.1 Å². The van der Waals surface area contributed by atoms with Crippen LogP contribution in [-0.2, 0) is 6.18 Å². The smallest absolute Gasteiger partial charge is 0.320 e. The van der Waals surface area contributed by atoms with Gasteiger partial charge in [-0.2, -0.15) is 13.2 Å². The van der Waals surface area contributed by atoms with Gasteiger partial charge in [0.05, 0.1) is 16.3 Å². The second-order valence-corrected chi connectivity index (χ2v) is 4.81. The van der Waals surface area contributed by atoms with Crippen molar-refractivity contribution < 1.29 is 18.0 Å². The van der Waals surface area contributed by atoms with Crippen molar-refractivity contribution in [3.8, 4) is 0 Å². The first kappa shape index (κ1) is 13.5. The summed E-state index contributed by atoms with van der Waals surface area (Å²) in [4.78, 5) is 15.7. The van der Waals surface area contributed by atoms with Crippen molar-refractivity contribution in [2.24, 2.45) is 0 Å². The number of nitrogens with zero attached hydrogens (tertiary/aromatic N) is 1. The molecule has 0 aliphatic carbocycles. The number of aryl methyl sites for hydroxylation is 1. The van der Waals surface area contributed by atoms with Crippen LogP contribution in [0.4, 0.5) is 18.9 Å². The van der Waals surface area contributed by atoms with E-state index in [2.05, 4.69) is 10.3 Å². The molecule has 0 bridgehead atoms. The number of para-hydroxylation sites is 1. The van der Waals surface area contributed by atoms with E-state index in [-0.39, 0.29) is 11.4 Å². The van der Waals surface area contributed by atoms with Crippen LogP contribution < -0.4 is 5.32 Å². The molecule has 0 aliphatic rings. The van der Waals surface area contributed by atoms with Crippen molar-refractivity contribution in [3.05, 3.63) is 45.9 Å². The summed E-state index contributed by atoms with van der Waals surface area (Å²) < 4.78 is 38.2. The molecule has 1 aromatic heterocycles. The highest BCUT2D eigenvalue weighted by atomic mass is 32.1. The number of hydrogen-bond acceptors (Lipinski definition) is 3. The quantitative estimate of drug-likeness (QED) is 0.914. The summed E-state index contributed by atoms with van der Waals surface area (Å²) in [5, 5.41) is 4.41. The van der Waals surface area contributed by atoms with Gasteiger partial charge in [-0.25, -0.2) is 4.98 Å². The fourth-order valence-electron chi connectivity index (χ4n) is 1.49. The Kier molecular flexibility index (Phi) is 3.57. The molecule has 0 saturated carbocycles. The highest BCUT2D eigenvalue weighted by Gasteiger charge is 2.33. The maximum Gasteiger partial charge on any atom is 0.418 e. The zero-order valence-electron chi connectivity index (χ0n) is 9.78. The van der Waals surface area contributed by atoms with Crippen LogP contribution in [0, 0.1) is 6.92 Å². The second kappa shape index (κ2) is 5.00. The van der Waals surface area contributed by atoms with Crippen molar-refractivity contribution in [3.63, 3.8) is 0 Å². The molecule has 0 saturated heterocycles. The molecule has 0 spiro atoms. The molecule has 0 atom stereocenters. The van der Waals surface area contributed by atoms with Gasteiger partial charge >= 0.3 is 6.18 Å². The van der Waals surface area contributed by atoms with Gasteiger partial charge in [0.15, 0.2) is 0 Å². The Balaban J connectivity index is 2.27. The third kappa shape index (κ3) is 3.11. The van der Waals surface area contributed by atoms with Gasteiger partial charge in [-0.3, -0.25) is 4.79 Å². The Morgan fingerprint density at radius 3 is 2.58 bits per heavy atom. The number of aromatic nitrogens is 1. The summed E-state index contributed by atoms with van der Waals surface area (Å²) in [6.07, 6.45) is -4.51. The Morgan fingerprint density at radius 2 is 2.00 bits per heavy atom. The number of benzene rings is 1. The Bertz CT molecular complexity index is 607. The molecule has 0 fully saturated rings. The zero-order valence-corrected chi connectivity index (χ0v) is 10.6. The van der Waals surface area contributed by atoms with E-state index in [0.717, 1.165) is 6.07 Å². The van der Waals surface area contributed by atoms with Gasteiger partial charge in [0.2, 0.25) is 0 Å². The summed E-state index contributed by atoms with van der Waals surface area (Å²) >= 11 is 1.26. The standard InChI is InChI=1S/C12H9F3N2OS/c1-7-16-10(6-19-7)11(18)17-9-5-3-2-4-8(9)12(13,14)15/h2-6H,1H3,(H,17,18). The monoisotopic (exact) mass is 286 g/mol. The van der Waals surface area contributed by atoms with Gasteiger partial charge in [-0.05, 0) is 19.1 Å². The third-order valence-electron chi connectivity index (χ3n) is 2.33. The van der Waals surface area contributed by atoms with Gasteiger partial charge in [-0.1, -0.05) is 12.1 Å². The van der Waals surface area contributed by atoms with Crippen LogP contribution in [-0.4, -0.2) is 10.9 Å². The molecule has 1 amide bonds. The number of rotatable bonds is 2. The maximum absolute atomic E-state index is 12.7. The molecular formula is C12H9F3N2OS. The normalized spacial score (nSPS) is 11.4. The minimum atomic E-state index is -4.51. The lowest BCUT2D eigenvalue weighted by atomic mass is 10.1. The van der Waals surface area contributed by atoms with Gasteiger partial charge in [0, 0.05) is 5.38 Å². The number of amides is 1. The van der Waals surface area contributed by atoms with E-state index in [9.17, 15) is 18.0 Å². The maximum atomic E-state index is 12.7. The van der Waals surface area contributed by atoms with Gasteiger partial charge in [-0.15, -0.1) is 11.3 Å². The molecule has 7 heteroatoms. The average molecular weight is 286 g/mol. The van der Waals surface area contributed by atoms with Crippen molar-refractivity contribution >= 4 is 22.9 Å². The van der Waals surface area contributed by atoms with Crippen LogP contribution in [0.15, 0.2) is 29.6 Å². The highest BCUT2D eigenvalue weighted by Crippen LogP contribution is 2.34. The minimum absolute atomic E-state index is 0.111. The summed E-state index contributed by atoms with van der Waals surface area (Å²) in [6.45, 7) is 1.71. The Hall–Kier alpha value is -1.89. The predicted octanol–water partition coefficient (Wildman–Crippen LogP) is 3.72. The first-order valence-electron chi connectivity index (χ1n) is 5.27.